The number of carbonyl (C=O) groups is 2. The van der Waals surface area contributed by atoms with Crippen molar-refractivity contribution in [3.8, 4) is 0 Å². The molecule has 1 heterocycles. The monoisotopic (exact) mass is 286 g/mol. The SMILES string of the molecule is COCCCCCNC(=O)N1CCC(CCC(=O)O)C1. The van der Waals surface area contributed by atoms with E-state index in [9.17, 15) is 9.59 Å². The summed E-state index contributed by atoms with van der Waals surface area (Å²) in [4.78, 5) is 24.2. The molecule has 0 saturated carbocycles. The molecule has 0 radical (unpaired) electrons. The van der Waals surface area contributed by atoms with E-state index in [0.29, 0.717) is 25.4 Å². The molecule has 0 aliphatic carbocycles. The van der Waals surface area contributed by atoms with E-state index in [0.717, 1.165) is 38.8 Å². The van der Waals surface area contributed by atoms with Crippen molar-refractivity contribution in [1.82, 2.24) is 10.2 Å². The summed E-state index contributed by atoms with van der Waals surface area (Å²) < 4.78 is 4.96. The summed E-state index contributed by atoms with van der Waals surface area (Å²) in [5.74, 6) is -0.428. The van der Waals surface area contributed by atoms with E-state index in [1.165, 1.54) is 0 Å². The number of unbranched alkanes of at least 4 members (excludes halogenated alkanes) is 2. The lowest BCUT2D eigenvalue weighted by atomic mass is 10.0. The van der Waals surface area contributed by atoms with Crippen LogP contribution in [0.1, 0.15) is 38.5 Å². The molecule has 20 heavy (non-hydrogen) atoms. The van der Waals surface area contributed by atoms with Gasteiger partial charge in [0.15, 0.2) is 0 Å². The molecule has 0 aromatic carbocycles. The Morgan fingerprint density at radius 3 is 2.85 bits per heavy atom. The average molecular weight is 286 g/mol. The molecule has 0 aromatic rings. The van der Waals surface area contributed by atoms with Gasteiger partial charge in [0.1, 0.15) is 0 Å². The molecular formula is C14H26N2O4. The number of rotatable bonds is 9. The van der Waals surface area contributed by atoms with Gasteiger partial charge in [0, 0.05) is 39.8 Å². The molecule has 1 aliphatic heterocycles. The van der Waals surface area contributed by atoms with E-state index < -0.39 is 5.97 Å². The summed E-state index contributed by atoms with van der Waals surface area (Å²) >= 11 is 0. The van der Waals surface area contributed by atoms with Crippen LogP contribution in [0.5, 0.6) is 0 Å². The first kappa shape index (κ1) is 16.8. The van der Waals surface area contributed by atoms with E-state index in [-0.39, 0.29) is 12.5 Å². The van der Waals surface area contributed by atoms with Gasteiger partial charge in [-0.15, -0.1) is 0 Å². The summed E-state index contributed by atoms with van der Waals surface area (Å²) in [5.41, 5.74) is 0. The highest BCUT2D eigenvalue weighted by Gasteiger charge is 2.26. The van der Waals surface area contributed by atoms with Crippen LogP contribution in [0.3, 0.4) is 0 Å². The molecule has 1 rings (SSSR count). The quantitative estimate of drug-likeness (QED) is 0.632. The number of carbonyl (C=O) groups excluding carboxylic acids is 1. The van der Waals surface area contributed by atoms with Gasteiger partial charge in [0.05, 0.1) is 0 Å². The molecule has 1 unspecified atom stereocenters. The molecule has 2 N–H and O–H groups in total. The average Bonchev–Trinajstić information content (AvgIpc) is 2.89. The van der Waals surface area contributed by atoms with Gasteiger partial charge in [-0.05, 0) is 38.0 Å². The van der Waals surface area contributed by atoms with Crippen LogP contribution in [0.15, 0.2) is 0 Å². The fourth-order valence-corrected chi connectivity index (χ4v) is 2.44. The Kier molecular flexibility index (Phi) is 8.02. The van der Waals surface area contributed by atoms with Gasteiger partial charge in [-0.2, -0.15) is 0 Å². The predicted octanol–water partition coefficient (Wildman–Crippen LogP) is 1.70. The molecular weight excluding hydrogens is 260 g/mol. The lowest BCUT2D eigenvalue weighted by molar-refractivity contribution is -0.137. The Balaban J connectivity index is 2.07. The highest BCUT2D eigenvalue weighted by atomic mass is 16.5. The first-order valence-electron chi connectivity index (χ1n) is 7.37. The standard InChI is InChI=1S/C14H26N2O4/c1-20-10-4-2-3-8-15-14(19)16-9-7-12(11-16)5-6-13(17)18/h12H,2-11H2,1H3,(H,15,19)(H,17,18). The number of carboxylic acid groups (broad SMARTS) is 1. The maximum Gasteiger partial charge on any atom is 0.317 e. The van der Waals surface area contributed by atoms with Gasteiger partial charge in [-0.1, -0.05) is 0 Å². The Bertz CT molecular complexity index is 310. The number of nitrogens with zero attached hydrogens (tertiary/aromatic N) is 1. The number of urea groups is 1. The van der Waals surface area contributed by atoms with Crippen LogP contribution in [0.2, 0.25) is 0 Å². The minimum atomic E-state index is -0.760. The Morgan fingerprint density at radius 2 is 2.15 bits per heavy atom. The number of carboxylic acids is 1. The minimum Gasteiger partial charge on any atom is -0.481 e. The maximum absolute atomic E-state index is 11.9. The van der Waals surface area contributed by atoms with Crippen LogP contribution in [0.4, 0.5) is 4.79 Å². The summed E-state index contributed by atoms with van der Waals surface area (Å²) in [5, 5.41) is 11.6. The number of likely N-dealkylation sites (tertiary alicyclic amines) is 1. The molecule has 116 valence electrons. The summed E-state index contributed by atoms with van der Waals surface area (Å²) in [7, 11) is 1.69. The van der Waals surface area contributed by atoms with Crippen molar-refractivity contribution in [2.24, 2.45) is 5.92 Å². The van der Waals surface area contributed by atoms with Crippen LogP contribution < -0.4 is 5.32 Å². The second-order valence-corrected chi connectivity index (χ2v) is 5.32. The fourth-order valence-electron chi connectivity index (χ4n) is 2.44. The van der Waals surface area contributed by atoms with E-state index in [4.69, 9.17) is 9.84 Å². The lowest BCUT2D eigenvalue weighted by Crippen LogP contribution is -2.38. The summed E-state index contributed by atoms with van der Waals surface area (Å²) in [6, 6.07) is -0.0189. The number of amides is 2. The van der Waals surface area contributed by atoms with E-state index in [1.54, 1.807) is 12.0 Å². The molecule has 6 nitrogen and oxygen atoms in total. The minimum absolute atomic E-state index is 0.0189. The third-order valence-electron chi connectivity index (χ3n) is 3.64. The molecule has 0 spiro atoms. The number of methoxy groups -OCH3 is 1. The third-order valence-corrected chi connectivity index (χ3v) is 3.64. The topological polar surface area (TPSA) is 78.9 Å². The van der Waals surface area contributed by atoms with Crippen molar-refractivity contribution >= 4 is 12.0 Å². The molecule has 1 atom stereocenters. The van der Waals surface area contributed by atoms with Gasteiger partial charge >= 0.3 is 12.0 Å². The van der Waals surface area contributed by atoms with Crippen molar-refractivity contribution < 1.29 is 19.4 Å². The first-order chi connectivity index (χ1) is 9.63. The fraction of sp³-hybridized carbons (Fsp3) is 0.857. The van der Waals surface area contributed by atoms with Gasteiger partial charge in [-0.25, -0.2) is 4.79 Å². The second kappa shape index (κ2) is 9.58. The number of ether oxygens (including phenoxy) is 1. The van der Waals surface area contributed by atoms with Crippen LogP contribution in [0, 0.1) is 5.92 Å². The Hall–Kier alpha value is -1.30. The van der Waals surface area contributed by atoms with E-state index >= 15 is 0 Å². The molecule has 6 heteroatoms. The second-order valence-electron chi connectivity index (χ2n) is 5.32. The maximum atomic E-state index is 11.9. The smallest absolute Gasteiger partial charge is 0.317 e. The van der Waals surface area contributed by atoms with Crippen molar-refractivity contribution in [2.45, 2.75) is 38.5 Å². The Labute approximate surface area is 120 Å². The molecule has 0 aromatic heterocycles. The molecule has 1 saturated heterocycles. The highest BCUT2D eigenvalue weighted by Crippen LogP contribution is 2.20. The zero-order valence-corrected chi connectivity index (χ0v) is 12.3. The van der Waals surface area contributed by atoms with Crippen molar-refractivity contribution in [1.29, 1.82) is 0 Å². The number of nitrogens with one attached hydrogen (secondary N) is 1. The van der Waals surface area contributed by atoms with Crippen LogP contribution >= 0.6 is 0 Å². The normalized spacial score (nSPS) is 18.2. The Morgan fingerprint density at radius 1 is 1.35 bits per heavy atom. The van der Waals surface area contributed by atoms with Crippen molar-refractivity contribution in [3.05, 3.63) is 0 Å². The van der Waals surface area contributed by atoms with Crippen LogP contribution in [-0.2, 0) is 9.53 Å². The number of aliphatic carboxylic acids is 1. The summed E-state index contributed by atoms with van der Waals surface area (Å²) in [6.45, 7) is 2.88. The van der Waals surface area contributed by atoms with Crippen molar-refractivity contribution in [2.75, 3.05) is 33.4 Å². The van der Waals surface area contributed by atoms with Gasteiger partial charge < -0.3 is 20.1 Å². The van der Waals surface area contributed by atoms with Crippen LogP contribution in [0.25, 0.3) is 0 Å². The van der Waals surface area contributed by atoms with E-state index in [1.807, 2.05) is 0 Å². The number of hydrogen-bond donors (Lipinski definition) is 2. The van der Waals surface area contributed by atoms with Crippen molar-refractivity contribution in [3.63, 3.8) is 0 Å². The predicted molar refractivity (Wildman–Crippen MR) is 75.7 cm³/mol. The summed E-state index contributed by atoms with van der Waals surface area (Å²) in [6.07, 6.45) is 4.80. The van der Waals surface area contributed by atoms with E-state index in [2.05, 4.69) is 5.32 Å². The van der Waals surface area contributed by atoms with Gasteiger partial charge in [-0.3, -0.25) is 4.79 Å². The highest BCUT2D eigenvalue weighted by molar-refractivity contribution is 5.74. The third kappa shape index (κ3) is 6.75. The van der Waals surface area contributed by atoms with Gasteiger partial charge in [0.25, 0.3) is 0 Å². The molecule has 0 bridgehead atoms. The lowest BCUT2D eigenvalue weighted by Gasteiger charge is -2.17. The zero-order chi connectivity index (χ0) is 14.8. The first-order valence-corrected chi connectivity index (χ1v) is 7.37. The molecule has 1 aliphatic rings. The van der Waals surface area contributed by atoms with Gasteiger partial charge in [0.2, 0.25) is 0 Å². The number of hydrogen-bond acceptors (Lipinski definition) is 3. The molecule has 1 fully saturated rings. The zero-order valence-electron chi connectivity index (χ0n) is 12.3. The van der Waals surface area contributed by atoms with Crippen LogP contribution in [-0.4, -0.2) is 55.4 Å². The largest absolute Gasteiger partial charge is 0.481 e. The molecule has 2 amide bonds.